The van der Waals surface area contributed by atoms with Crippen LogP contribution in [-0.2, 0) is 35.6 Å². The number of nitro groups is 1. The number of carbonyl (C=O) groups excluding carboxylic acids is 3. The van der Waals surface area contributed by atoms with E-state index < -0.39 is 39.5 Å². The van der Waals surface area contributed by atoms with Crippen molar-refractivity contribution in [2.45, 2.75) is 30.7 Å². The minimum atomic E-state index is -4.05. The van der Waals surface area contributed by atoms with Gasteiger partial charge in [0.25, 0.3) is 11.6 Å². The van der Waals surface area contributed by atoms with Crippen LogP contribution in [0, 0.1) is 10.1 Å². The van der Waals surface area contributed by atoms with E-state index in [4.69, 9.17) is 4.74 Å². The van der Waals surface area contributed by atoms with Crippen molar-refractivity contribution in [2.75, 3.05) is 23.8 Å². The van der Waals surface area contributed by atoms with Crippen LogP contribution < -0.4 is 10.6 Å². The van der Waals surface area contributed by atoms with Crippen LogP contribution in [0.1, 0.15) is 30.5 Å². The summed E-state index contributed by atoms with van der Waals surface area (Å²) >= 11 is 3.16. The second-order valence-corrected chi connectivity index (χ2v) is 11.9. The highest BCUT2D eigenvalue weighted by Crippen LogP contribution is 2.37. The Morgan fingerprint density at radius 1 is 1.07 bits per heavy atom. The lowest BCUT2D eigenvalue weighted by Gasteiger charge is -2.36. The molecule has 1 aliphatic rings. The van der Waals surface area contributed by atoms with Crippen molar-refractivity contribution >= 4 is 60.8 Å². The SMILES string of the molecule is CC(=O)Nc1ccc(S(=O)(=O)N2CCc3ccccc3C2CC(=O)OCC(=O)Nc2ccc([N+](=O)[O-])cc2Br)cc1. The molecule has 12 nitrogen and oxygen atoms in total. The fourth-order valence-corrected chi connectivity index (χ4v) is 6.52. The maximum atomic E-state index is 13.7. The summed E-state index contributed by atoms with van der Waals surface area (Å²) in [6.45, 7) is 0.825. The number of rotatable bonds is 9. The van der Waals surface area contributed by atoms with Gasteiger partial charge in [-0.15, -0.1) is 0 Å². The summed E-state index contributed by atoms with van der Waals surface area (Å²) in [5, 5.41) is 16.0. The Balaban J connectivity index is 1.48. The molecule has 0 aliphatic carbocycles. The van der Waals surface area contributed by atoms with E-state index >= 15 is 0 Å². The number of nitrogens with zero attached hydrogens (tertiary/aromatic N) is 2. The Bertz CT molecular complexity index is 1610. The zero-order valence-electron chi connectivity index (χ0n) is 21.7. The zero-order chi connectivity index (χ0) is 29.7. The van der Waals surface area contributed by atoms with E-state index in [1.807, 2.05) is 12.1 Å². The normalized spacial score (nSPS) is 14.9. The van der Waals surface area contributed by atoms with E-state index in [0.717, 1.165) is 5.56 Å². The van der Waals surface area contributed by atoms with Gasteiger partial charge in [-0.2, -0.15) is 4.31 Å². The highest BCUT2D eigenvalue weighted by molar-refractivity contribution is 9.10. The summed E-state index contributed by atoms with van der Waals surface area (Å²) < 4.78 is 34.0. The summed E-state index contributed by atoms with van der Waals surface area (Å²) in [5.41, 5.74) is 2.09. The molecule has 2 N–H and O–H groups in total. The molecule has 3 aromatic rings. The average molecular weight is 645 g/mol. The van der Waals surface area contributed by atoms with Crippen molar-refractivity contribution in [1.82, 2.24) is 4.31 Å². The van der Waals surface area contributed by atoms with Gasteiger partial charge in [-0.3, -0.25) is 24.5 Å². The number of carbonyl (C=O) groups is 3. The van der Waals surface area contributed by atoms with Gasteiger partial charge in [0.15, 0.2) is 6.61 Å². The molecule has 0 radical (unpaired) electrons. The first kappa shape index (κ1) is 29.8. The summed E-state index contributed by atoms with van der Waals surface area (Å²) in [6.07, 6.45) is 0.103. The number of nitro benzene ring substituents is 1. The van der Waals surface area contributed by atoms with Crippen molar-refractivity contribution in [2.24, 2.45) is 0 Å². The van der Waals surface area contributed by atoms with E-state index in [9.17, 15) is 32.9 Å². The van der Waals surface area contributed by atoms with Crippen molar-refractivity contribution in [3.8, 4) is 0 Å². The standard InChI is InChI=1S/C27H25BrN4O8S/c1-17(33)29-19-6-9-21(10-7-19)41(38,39)31-13-12-18-4-2-3-5-22(18)25(31)15-27(35)40-16-26(34)30-24-11-8-20(32(36)37)14-23(24)28/h2-11,14,25H,12-13,15-16H2,1H3,(H,29,33)(H,30,34). The number of benzene rings is 3. The summed E-state index contributed by atoms with van der Waals surface area (Å²) in [6, 6.07) is 15.9. The maximum absolute atomic E-state index is 13.7. The zero-order valence-corrected chi connectivity index (χ0v) is 24.1. The lowest BCUT2D eigenvalue weighted by molar-refractivity contribution is -0.384. The highest BCUT2D eigenvalue weighted by Gasteiger charge is 2.38. The fourth-order valence-electron chi connectivity index (χ4n) is 4.45. The number of non-ortho nitro benzene ring substituents is 1. The summed E-state index contributed by atoms with van der Waals surface area (Å²) in [5.74, 6) is -1.76. The van der Waals surface area contributed by atoms with E-state index in [0.29, 0.717) is 17.7 Å². The number of ether oxygens (including phenoxy) is 1. The van der Waals surface area contributed by atoms with Gasteiger partial charge in [-0.25, -0.2) is 8.42 Å². The number of nitrogens with one attached hydrogen (secondary N) is 2. The van der Waals surface area contributed by atoms with E-state index in [1.54, 1.807) is 12.1 Å². The first-order chi connectivity index (χ1) is 19.5. The van der Waals surface area contributed by atoms with Crippen LogP contribution in [0.25, 0.3) is 0 Å². The fraction of sp³-hybridized carbons (Fsp3) is 0.222. The second kappa shape index (κ2) is 12.6. The molecule has 0 saturated heterocycles. The summed E-state index contributed by atoms with van der Waals surface area (Å²) in [4.78, 5) is 46.9. The third kappa shape index (κ3) is 7.14. The van der Waals surface area contributed by atoms with Gasteiger partial charge in [-0.05, 0) is 63.8 Å². The van der Waals surface area contributed by atoms with Crippen molar-refractivity contribution in [1.29, 1.82) is 0 Å². The Kier molecular flexibility index (Phi) is 9.15. The third-order valence-corrected chi connectivity index (χ3v) is 8.88. The lowest BCUT2D eigenvalue weighted by Crippen LogP contribution is -2.41. The molecule has 41 heavy (non-hydrogen) atoms. The van der Waals surface area contributed by atoms with E-state index in [1.165, 1.54) is 53.7 Å². The number of anilines is 2. The molecule has 4 rings (SSSR count). The Morgan fingerprint density at radius 2 is 1.78 bits per heavy atom. The molecule has 3 aromatic carbocycles. The molecule has 1 unspecified atom stereocenters. The smallest absolute Gasteiger partial charge is 0.308 e. The van der Waals surface area contributed by atoms with Crippen molar-refractivity contribution in [3.05, 3.63) is 92.4 Å². The van der Waals surface area contributed by atoms with Gasteiger partial charge in [-0.1, -0.05) is 24.3 Å². The van der Waals surface area contributed by atoms with Gasteiger partial charge in [0.1, 0.15) is 0 Å². The lowest BCUT2D eigenvalue weighted by atomic mass is 9.92. The molecule has 214 valence electrons. The number of hydrogen-bond donors (Lipinski definition) is 2. The van der Waals surface area contributed by atoms with E-state index in [2.05, 4.69) is 26.6 Å². The molecule has 2 amide bonds. The molecule has 1 aliphatic heterocycles. The van der Waals surface area contributed by atoms with Crippen LogP contribution in [0.2, 0.25) is 0 Å². The molecular formula is C27H25BrN4O8S. The molecular weight excluding hydrogens is 620 g/mol. The average Bonchev–Trinajstić information content (AvgIpc) is 2.93. The van der Waals surface area contributed by atoms with Crippen LogP contribution in [0.15, 0.2) is 76.1 Å². The number of hydrogen-bond acceptors (Lipinski definition) is 8. The Hall–Kier alpha value is -4.14. The molecule has 1 heterocycles. The predicted octanol–water partition coefficient (Wildman–Crippen LogP) is 4.18. The maximum Gasteiger partial charge on any atom is 0.308 e. The third-order valence-electron chi connectivity index (χ3n) is 6.31. The Labute approximate surface area is 244 Å². The molecule has 0 aromatic heterocycles. The van der Waals surface area contributed by atoms with Gasteiger partial charge < -0.3 is 15.4 Å². The van der Waals surface area contributed by atoms with Gasteiger partial charge in [0.2, 0.25) is 15.9 Å². The number of esters is 1. The first-order valence-electron chi connectivity index (χ1n) is 12.3. The minimum Gasteiger partial charge on any atom is -0.456 e. The first-order valence-corrected chi connectivity index (χ1v) is 14.6. The highest BCUT2D eigenvalue weighted by atomic mass is 79.9. The number of amides is 2. The quantitative estimate of drug-likeness (QED) is 0.199. The number of sulfonamides is 1. The summed E-state index contributed by atoms with van der Waals surface area (Å²) in [7, 11) is -4.05. The monoisotopic (exact) mass is 644 g/mol. The molecule has 0 saturated carbocycles. The molecule has 0 spiro atoms. The number of fused-ring (bicyclic) bond motifs is 1. The molecule has 1 atom stereocenters. The van der Waals surface area contributed by atoms with Crippen LogP contribution in [0.4, 0.5) is 17.1 Å². The van der Waals surface area contributed by atoms with Crippen LogP contribution in [0.3, 0.4) is 0 Å². The van der Waals surface area contributed by atoms with Crippen molar-refractivity contribution in [3.63, 3.8) is 0 Å². The molecule has 0 fully saturated rings. The largest absolute Gasteiger partial charge is 0.456 e. The van der Waals surface area contributed by atoms with Crippen LogP contribution in [0.5, 0.6) is 0 Å². The minimum absolute atomic E-state index is 0.00240. The number of halogens is 1. The topological polar surface area (TPSA) is 165 Å². The van der Waals surface area contributed by atoms with Gasteiger partial charge >= 0.3 is 5.97 Å². The van der Waals surface area contributed by atoms with Crippen LogP contribution in [-0.4, -0.2) is 48.6 Å². The van der Waals surface area contributed by atoms with Crippen molar-refractivity contribution < 1.29 is 32.5 Å². The molecule has 14 heteroatoms. The van der Waals surface area contributed by atoms with Gasteiger partial charge in [0.05, 0.1) is 28.0 Å². The van der Waals surface area contributed by atoms with E-state index in [-0.39, 0.29) is 39.6 Å². The van der Waals surface area contributed by atoms with Gasteiger partial charge in [0, 0.05) is 35.8 Å². The molecule has 0 bridgehead atoms. The van der Waals surface area contributed by atoms with Crippen LogP contribution >= 0.6 is 15.9 Å². The second-order valence-electron chi connectivity index (χ2n) is 9.12. The predicted molar refractivity (Wildman–Crippen MR) is 153 cm³/mol. The Morgan fingerprint density at radius 3 is 2.44 bits per heavy atom.